The molecule has 0 amide bonds. The van der Waals surface area contributed by atoms with Gasteiger partial charge in [-0.25, -0.2) is 13.6 Å². The summed E-state index contributed by atoms with van der Waals surface area (Å²) in [5, 5.41) is 0.418. The topological polar surface area (TPSA) is 44.8 Å². The van der Waals surface area contributed by atoms with Crippen LogP contribution < -0.4 is 4.74 Å². The first kappa shape index (κ1) is 15.7. The van der Waals surface area contributed by atoms with Gasteiger partial charge >= 0.3 is 5.97 Å². The third kappa shape index (κ3) is 3.28. The van der Waals surface area contributed by atoms with Crippen LogP contribution in [0.2, 0.25) is 5.02 Å². The second kappa shape index (κ2) is 6.52. The predicted molar refractivity (Wildman–Crippen MR) is 77.2 cm³/mol. The normalized spacial score (nSPS) is 13.2. The lowest BCUT2D eigenvalue weighted by molar-refractivity contribution is -0.0180. The number of carbonyl (C=O) groups excluding carboxylic acids is 1. The molecule has 2 aromatic rings. The second-order valence-electron chi connectivity index (χ2n) is 4.84. The Morgan fingerprint density at radius 2 is 2.00 bits per heavy atom. The Hall–Kier alpha value is -2.18. The zero-order chi connectivity index (χ0) is 16.4. The fourth-order valence-electron chi connectivity index (χ4n) is 2.27. The molecule has 0 bridgehead atoms. The van der Waals surface area contributed by atoms with Crippen molar-refractivity contribution in [2.24, 2.45) is 0 Å². The average Bonchev–Trinajstić information content (AvgIpc) is 2.52. The number of rotatable bonds is 3. The van der Waals surface area contributed by atoms with Crippen LogP contribution in [-0.2, 0) is 22.7 Å². The summed E-state index contributed by atoms with van der Waals surface area (Å²) in [5.74, 6) is -2.55. The minimum atomic E-state index is -1.10. The number of hydrogen-bond donors (Lipinski definition) is 0. The average molecular weight is 341 g/mol. The fourth-order valence-corrected chi connectivity index (χ4v) is 2.54. The summed E-state index contributed by atoms with van der Waals surface area (Å²) in [6.07, 6.45) is 0. The van der Waals surface area contributed by atoms with Crippen molar-refractivity contribution in [3.63, 3.8) is 0 Å². The van der Waals surface area contributed by atoms with Crippen LogP contribution in [0.1, 0.15) is 21.5 Å². The Balaban J connectivity index is 1.81. The lowest BCUT2D eigenvalue weighted by atomic mass is 10.1. The summed E-state index contributed by atoms with van der Waals surface area (Å²) < 4.78 is 42.6. The van der Waals surface area contributed by atoms with Crippen molar-refractivity contribution in [1.82, 2.24) is 0 Å². The maximum Gasteiger partial charge on any atom is 0.344 e. The SMILES string of the molecule is O=C(OCc1cc(Cl)cc2c1OCOC2)c1c(F)cccc1F. The van der Waals surface area contributed by atoms with Crippen LogP contribution >= 0.6 is 11.6 Å². The summed E-state index contributed by atoms with van der Waals surface area (Å²) in [7, 11) is 0. The number of halogens is 3. The number of carbonyl (C=O) groups is 1. The van der Waals surface area contributed by atoms with E-state index in [0.29, 0.717) is 28.5 Å². The molecule has 0 aromatic heterocycles. The predicted octanol–water partition coefficient (Wildman–Crippen LogP) is 3.84. The Bertz CT molecular complexity index is 744. The van der Waals surface area contributed by atoms with Gasteiger partial charge in [-0.3, -0.25) is 0 Å². The number of fused-ring (bicyclic) bond motifs is 1. The smallest absolute Gasteiger partial charge is 0.344 e. The number of ether oxygens (including phenoxy) is 3. The molecule has 120 valence electrons. The lowest BCUT2D eigenvalue weighted by Gasteiger charge is -2.21. The van der Waals surface area contributed by atoms with Gasteiger partial charge in [-0.05, 0) is 24.3 Å². The Morgan fingerprint density at radius 3 is 2.74 bits per heavy atom. The van der Waals surface area contributed by atoms with E-state index in [1.807, 2.05) is 0 Å². The number of hydrogen-bond acceptors (Lipinski definition) is 4. The van der Waals surface area contributed by atoms with E-state index in [-0.39, 0.29) is 13.4 Å². The quantitative estimate of drug-likeness (QED) is 0.796. The van der Waals surface area contributed by atoms with Crippen molar-refractivity contribution in [1.29, 1.82) is 0 Å². The monoisotopic (exact) mass is 340 g/mol. The van der Waals surface area contributed by atoms with Gasteiger partial charge in [0.15, 0.2) is 6.79 Å². The molecule has 1 heterocycles. The van der Waals surface area contributed by atoms with Crippen molar-refractivity contribution in [2.75, 3.05) is 6.79 Å². The van der Waals surface area contributed by atoms with Crippen molar-refractivity contribution < 1.29 is 27.8 Å². The van der Waals surface area contributed by atoms with Crippen molar-refractivity contribution in [2.45, 2.75) is 13.2 Å². The maximum atomic E-state index is 13.6. The van der Waals surface area contributed by atoms with Crippen LogP contribution in [-0.4, -0.2) is 12.8 Å². The summed E-state index contributed by atoms with van der Waals surface area (Å²) in [4.78, 5) is 11.9. The zero-order valence-corrected chi connectivity index (χ0v) is 12.5. The van der Waals surface area contributed by atoms with Crippen LogP contribution in [0.3, 0.4) is 0 Å². The van der Waals surface area contributed by atoms with Crippen molar-refractivity contribution >= 4 is 17.6 Å². The molecule has 2 aromatic carbocycles. The maximum absolute atomic E-state index is 13.6. The van der Waals surface area contributed by atoms with Crippen LogP contribution in [0.5, 0.6) is 5.75 Å². The minimum absolute atomic E-state index is 0.0670. The van der Waals surface area contributed by atoms with Gasteiger partial charge in [-0.1, -0.05) is 17.7 Å². The molecule has 7 heteroatoms. The highest BCUT2D eigenvalue weighted by Gasteiger charge is 2.21. The molecule has 0 spiro atoms. The summed E-state index contributed by atoms with van der Waals surface area (Å²) in [5.41, 5.74) is 0.486. The first-order chi connectivity index (χ1) is 11.1. The Kier molecular flexibility index (Phi) is 4.45. The molecule has 4 nitrogen and oxygen atoms in total. The zero-order valence-electron chi connectivity index (χ0n) is 11.8. The standard InChI is InChI=1S/C16H11ClF2O4/c17-11-4-9-6-21-8-23-15(9)10(5-11)7-22-16(20)14-12(18)2-1-3-13(14)19/h1-5H,6-8H2. The van der Waals surface area contributed by atoms with E-state index < -0.39 is 23.2 Å². The van der Waals surface area contributed by atoms with E-state index in [1.54, 1.807) is 12.1 Å². The summed E-state index contributed by atoms with van der Waals surface area (Å²) in [6.45, 7) is 0.159. The van der Waals surface area contributed by atoms with E-state index in [4.69, 9.17) is 25.8 Å². The van der Waals surface area contributed by atoms with Gasteiger partial charge in [-0.15, -0.1) is 0 Å². The van der Waals surface area contributed by atoms with Gasteiger partial charge < -0.3 is 14.2 Å². The first-order valence-corrected chi connectivity index (χ1v) is 7.07. The number of esters is 1. The molecular formula is C16H11ClF2O4. The number of benzene rings is 2. The molecule has 1 aliphatic rings. The van der Waals surface area contributed by atoms with Gasteiger partial charge in [0.05, 0.1) is 6.61 Å². The van der Waals surface area contributed by atoms with Gasteiger partial charge in [0.1, 0.15) is 29.6 Å². The highest BCUT2D eigenvalue weighted by Crippen LogP contribution is 2.32. The van der Waals surface area contributed by atoms with E-state index >= 15 is 0 Å². The molecule has 0 atom stereocenters. The third-order valence-electron chi connectivity index (χ3n) is 3.28. The molecule has 23 heavy (non-hydrogen) atoms. The molecule has 3 rings (SSSR count). The van der Waals surface area contributed by atoms with E-state index in [1.165, 1.54) is 6.07 Å². The van der Waals surface area contributed by atoms with Crippen LogP contribution in [0, 0.1) is 11.6 Å². The molecule has 0 radical (unpaired) electrons. The first-order valence-electron chi connectivity index (χ1n) is 6.69. The molecule has 0 aliphatic carbocycles. The lowest BCUT2D eigenvalue weighted by Crippen LogP contribution is -2.15. The molecule has 1 aliphatic heterocycles. The highest BCUT2D eigenvalue weighted by molar-refractivity contribution is 6.30. The molecular weight excluding hydrogens is 330 g/mol. The highest BCUT2D eigenvalue weighted by atomic mass is 35.5. The minimum Gasteiger partial charge on any atom is -0.467 e. The molecule has 0 unspecified atom stereocenters. The van der Waals surface area contributed by atoms with Gasteiger partial charge in [0.2, 0.25) is 0 Å². The Labute approximate surface area is 135 Å². The molecule has 0 fully saturated rings. The van der Waals surface area contributed by atoms with Gasteiger partial charge in [0, 0.05) is 16.1 Å². The summed E-state index contributed by atoms with van der Waals surface area (Å²) >= 11 is 5.99. The van der Waals surface area contributed by atoms with Crippen molar-refractivity contribution in [3.8, 4) is 5.75 Å². The van der Waals surface area contributed by atoms with Crippen LogP contribution in [0.25, 0.3) is 0 Å². The second-order valence-corrected chi connectivity index (χ2v) is 5.27. The van der Waals surface area contributed by atoms with Crippen molar-refractivity contribution in [3.05, 3.63) is 63.7 Å². The fraction of sp³-hybridized carbons (Fsp3) is 0.188. The Morgan fingerprint density at radius 1 is 1.26 bits per heavy atom. The van der Waals surface area contributed by atoms with E-state index in [0.717, 1.165) is 12.1 Å². The van der Waals surface area contributed by atoms with E-state index in [9.17, 15) is 13.6 Å². The third-order valence-corrected chi connectivity index (χ3v) is 3.50. The summed E-state index contributed by atoms with van der Waals surface area (Å²) in [6, 6.07) is 6.39. The van der Waals surface area contributed by atoms with Crippen LogP contribution in [0.4, 0.5) is 8.78 Å². The van der Waals surface area contributed by atoms with Gasteiger partial charge in [0.25, 0.3) is 0 Å². The molecule has 0 saturated carbocycles. The van der Waals surface area contributed by atoms with Crippen LogP contribution in [0.15, 0.2) is 30.3 Å². The largest absolute Gasteiger partial charge is 0.467 e. The van der Waals surface area contributed by atoms with Gasteiger partial charge in [-0.2, -0.15) is 0 Å². The molecule has 0 saturated heterocycles. The van der Waals surface area contributed by atoms with E-state index in [2.05, 4.69) is 0 Å². The molecule has 0 N–H and O–H groups in total.